The number of aromatic amines is 1. The Morgan fingerprint density at radius 3 is 1.76 bits per heavy atom. The van der Waals surface area contributed by atoms with E-state index in [-0.39, 0.29) is 0 Å². The Labute approximate surface area is 247 Å². The van der Waals surface area contributed by atoms with Crippen LogP contribution in [0.2, 0.25) is 0 Å². The Bertz CT molecular complexity index is 1650. The first-order valence-corrected chi connectivity index (χ1v) is 14.3. The molecule has 1 heterocycles. The average Bonchev–Trinajstić information content (AvgIpc) is 3.44. The molecule has 5 nitrogen and oxygen atoms in total. The lowest BCUT2D eigenvalue weighted by Crippen LogP contribution is -2.34. The quantitative estimate of drug-likeness (QED) is 0.195. The summed E-state index contributed by atoms with van der Waals surface area (Å²) in [6, 6.07) is 31.3. The fourth-order valence-electron chi connectivity index (χ4n) is 4.71. The van der Waals surface area contributed by atoms with Crippen molar-refractivity contribution in [2.24, 2.45) is 0 Å². The van der Waals surface area contributed by atoms with Crippen molar-refractivity contribution in [3.63, 3.8) is 0 Å². The van der Waals surface area contributed by atoms with Gasteiger partial charge in [-0.05, 0) is 70.5 Å². The number of imide groups is 1. The van der Waals surface area contributed by atoms with Crippen molar-refractivity contribution in [1.29, 1.82) is 0 Å². The smallest absolute Gasteiger partial charge is 0.258 e. The summed E-state index contributed by atoms with van der Waals surface area (Å²) >= 11 is 0. The van der Waals surface area contributed by atoms with Gasteiger partial charge in [0.25, 0.3) is 11.8 Å². The van der Waals surface area contributed by atoms with Gasteiger partial charge < -0.3 is 4.98 Å². The molecule has 0 saturated heterocycles. The van der Waals surface area contributed by atoms with Gasteiger partial charge in [-0.2, -0.15) is 0 Å². The van der Waals surface area contributed by atoms with Crippen LogP contribution in [0.15, 0.2) is 109 Å². The van der Waals surface area contributed by atoms with Gasteiger partial charge in [-0.1, -0.05) is 100 Å². The van der Waals surface area contributed by atoms with Crippen LogP contribution in [0.3, 0.4) is 0 Å². The molecule has 0 radical (unpaired) electrons. The third kappa shape index (κ3) is 6.64. The van der Waals surface area contributed by atoms with Crippen molar-refractivity contribution >= 4 is 40.7 Å². The van der Waals surface area contributed by atoms with Gasteiger partial charge in [0.1, 0.15) is 5.82 Å². The van der Waals surface area contributed by atoms with Gasteiger partial charge in [-0.15, -0.1) is 0 Å². The molecule has 42 heavy (non-hydrogen) atoms. The lowest BCUT2D eigenvalue weighted by molar-refractivity contribution is -0.121. The largest absolute Gasteiger partial charge is 0.338 e. The molecule has 0 unspecified atom stereocenters. The fraction of sp³-hybridized carbons (Fsp3) is 0.162. The Hall–Kier alpha value is -5.03. The van der Waals surface area contributed by atoms with E-state index in [0.717, 1.165) is 27.7 Å². The number of aromatic nitrogens is 2. The molecule has 210 valence electrons. The maximum absolute atomic E-state index is 13.6. The summed E-state index contributed by atoms with van der Waals surface area (Å²) in [5.41, 5.74) is 7.22. The minimum Gasteiger partial charge on any atom is -0.338 e. The molecule has 5 heteroatoms. The van der Waals surface area contributed by atoms with Crippen molar-refractivity contribution in [2.45, 2.75) is 39.5 Å². The molecule has 5 rings (SSSR count). The van der Waals surface area contributed by atoms with Gasteiger partial charge in [-0.25, -0.2) is 9.88 Å². The third-order valence-electron chi connectivity index (χ3n) is 7.25. The van der Waals surface area contributed by atoms with Crippen LogP contribution in [0.1, 0.15) is 61.8 Å². The Morgan fingerprint density at radius 2 is 1.24 bits per heavy atom. The summed E-state index contributed by atoms with van der Waals surface area (Å²) in [4.78, 5) is 36.4. The molecule has 1 aromatic heterocycles. The molecule has 0 saturated carbocycles. The molecule has 4 aromatic carbocycles. The number of para-hydroxylation sites is 2. The van der Waals surface area contributed by atoms with Crippen LogP contribution >= 0.6 is 0 Å². The topological polar surface area (TPSA) is 66.1 Å². The highest BCUT2D eigenvalue weighted by atomic mass is 16.2. The van der Waals surface area contributed by atoms with E-state index >= 15 is 0 Å². The lowest BCUT2D eigenvalue weighted by Gasteiger charge is -2.18. The third-order valence-corrected chi connectivity index (χ3v) is 7.25. The number of imidazole rings is 1. The second kappa shape index (κ2) is 12.6. The molecule has 0 bridgehead atoms. The number of rotatable bonds is 8. The SMILES string of the molecule is CC(C)c1ccc(C=CC(=O)N(C(=O)C=Cc2ccc(C(C)C)cc2)c2cccc(-c3nc4ccccc4[nH]3)c2)cc1. The van der Waals surface area contributed by atoms with Crippen LogP contribution in [-0.2, 0) is 9.59 Å². The first-order chi connectivity index (χ1) is 20.3. The summed E-state index contributed by atoms with van der Waals surface area (Å²) < 4.78 is 0. The number of carbonyl (C=O) groups excluding carboxylic acids is 2. The van der Waals surface area contributed by atoms with Gasteiger partial charge in [-0.3, -0.25) is 9.59 Å². The number of hydrogen-bond acceptors (Lipinski definition) is 3. The molecule has 0 fully saturated rings. The maximum atomic E-state index is 13.6. The van der Waals surface area contributed by atoms with Crippen LogP contribution in [0, 0.1) is 0 Å². The van der Waals surface area contributed by atoms with E-state index in [2.05, 4.69) is 56.9 Å². The van der Waals surface area contributed by atoms with E-state index < -0.39 is 11.8 Å². The van der Waals surface area contributed by atoms with Crippen molar-refractivity contribution in [3.05, 3.63) is 131 Å². The number of fused-ring (bicyclic) bond motifs is 1. The zero-order valence-corrected chi connectivity index (χ0v) is 24.4. The number of nitrogens with one attached hydrogen (secondary N) is 1. The van der Waals surface area contributed by atoms with Crippen molar-refractivity contribution < 1.29 is 9.59 Å². The fourth-order valence-corrected chi connectivity index (χ4v) is 4.71. The van der Waals surface area contributed by atoms with E-state index in [1.807, 2.05) is 66.7 Å². The Morgan fingerprint density at radius 1 is 0.690 bits per heavy atom. The number of hydrogen-bond donors (Lipinski definition) is 1. The second-order valence-corrected chi connectivity index (χ2v) is 11.0. The van der Waals surface area contributed by atoms with Gasteiger partial charge in [0.15, 0.2) is 0 Å². The zero-order chi connectivity index (χ0) is 29.6. The van der Waals surface area contributed by atoms with Crippen LogP contribution in [0.5, 0.6) is 0 Å². The number of benzene rings is 4. The van der Waals surface area contributed by atoms with E-state index in [1.165, 1.54) is 28.2 Å². The summed E-state index contributed by atoms with van der Waals surface area (Å²) in [5.74, 6) is 0.638. The van der Waals surface area contributed by atoms with Crippen molar-refractivity contribution in [2.75, 3.05) is 4.90 Å². The standard InChI is InChI=1S/C37H35N3O2/c1-25(2)29-18-12-27(13-19-29)16-22-35(41)40(36(42)23-17-28-14-20-30(21-15-28)26(3)4)32-9-7-8-31(24-32)37-38-33-10-5-6-11-34(33)39-37/h5-26H,1-4H3,(H,38,39). The number of H-pyrrole nitrogens is 1. The predicted molar refractivity (Wildman–Crippen MR) is 173 cm³/mol. The molecule has 0 spiro atoms. The molecule has 2 amide bonds. The van der Waals surface area contributed by atoms with Gasteiger partial charge >= 0.3 is 0 Å². The minimum atomic E-state index is -0.436. The number of amides is 2. The summed E-state index contributed by atoms with van der Waals surface area (Å²) in [7, 11) is 0. The van der Waals surface area contributed by atoms with Crippen molar-refractivity contribution in [1.82, 2.24) is 9.97 Å². The average molecular weight is 554 g/mol. The van der Waals surface area contributed by atoms with Gasteiger partial charge in [0, 0.05) is 17.7 Å². The molecule has 1 N–H and O–H groups in total. The molecular formula is C37H35N3O2. The van der Waals surface area contributed by atoms with E-state index in [0.29, 0.717) is 23.3 Å². The van der Waals surface area contributed by atoms with Crippen molar-refractivity contribution in [3.8, 4) is 11.4 Å². The Kier molecular flexibility index (Phi) is 8.58. The molecule has 0 atom stereocenters. The molecule has 0 aliphatic heterocycles. The van der Waals surface area contributed by atoms with Gasteiger partial charge in [0.05, 0.1) is 16.7 Å². The Balaban J connectivity index is 1.46. The summed E-state index contributed by atoms with van der Waals surface area (Å²) in [5, 5.41) is 0. The second-order valence-electron chi connectivity index (χ2n) is 11.0. The van der Waals surface area contributed by atoms with Crippen LogP contribution < -0.4 is 4.90 Å². The van der Waals surface area contributed by atoms with E-state index in [4.69, 9.17) is 4.98 Å². The maximum Gasteiger partial charge on any atom is 0.258 e. The summed E-state index contributed by atoms with van der Waals surface area (Å²) in [6.45, 7) is 8.57. The molecule has 0 aliphatic carbocycles. The highest BCUT2D eigenvalue weighted by Crippen LogP contribution is 2.26. The normalized spacial score (nSPS) is 11.8. The summed E-state index contributed by atoms with van der Waals surface area (Å²) in [6.07, 6.45) is 6.37. The number of carbonyl (C=O) groups is 2. The highest BCUT2D eigenvalue weighted by molar-refractivity contribution is 6.23. The van der Waals surface area contributed by atoms with E-state index in [1.54, 1.807) is 18.2 Å². The monoisotopic (exact) mass is 553 g/mol. The molecule has 0 aliphatic rings. The van der Waals surface area contributed by atoms with Gasteiger partial charge in [0.2, 0.25) is 0 Å². The first kappa shape index (κ1) is 28.5. The van der Waals surface area contributed by atoms with Crippen LogP contribution in [0.4, 0.5) is 5.69 Å². The molecular weight excluding hydrogens is 518 g/mol. The number of nitrogens with zero attached hydrogens (tertiary/aromatic N) is 2. The van der Waals surface area contributed by atoms with E-state index in [9.17, 15) is 9.59 Å². The van der Waals surface area contributed by atoms with Crippen LogP contribution in [-0.4, -0.2) is 21.8 Å². The first-order valence-electron chi connectivity index (χ1n) is 14.3. The van der Waals surface area contributed by atoms with Crippen LogP contribution in [0.25, 0.3) is 34.6 Å². The highest BCUT2D eigenvalue weighted by Gasteiger charge is 2.21. The minimum absolute atomic E-state index is 0.421. The lowest BCUT2D eigenvalue weighted by atomic mass is 10.0. The predicted octanol–water partition coefficient (Wildman–Crippen LogP) is 8.76. The zero-order valence-electron chi connectivity index (χ0n) is 24.4. The number of anilines is 1. The molecule has 5 aromatic rings.